The molecule has 3 saturated heterocycles. The van der Waals surface area contributed by atoms with Crippen molar-refractivity contribution in [1.82, 2.24) is 4.90 Å². The van der Waals surface area contributed by atoms with Gasteiger partial charge in [0.2, 0.25) is 5.79 Å². The molecule has 2 N–H and O–H groups in total. The number of ketones is 3. The van der Waals surface area contributed by atoms with Crippen LogP contribution in [0.15, 0.2) is 47.6 Å². The molecule has 4 aliphatic rings. The highest BCUT2D eigenvalue weighted by atomic mass is 16.6. The number of carbonyl (C=O) groups excluding carboxylic acids is 5. The summed E-state index contributed by atoms with van der Waals surface area (Å²) < 4.78 is 35.6. The van der Waals surface area contributed by atoms with Gasteiger partial charge in [0.05, 0.1) is 38.6 Å². The lowest BCUT2D eigenvalue weighted by molar-refractivity contribution is -0.266. The third kappa shape index (κ3) is 14.3. The lowest BCUT2D eigenvalue weighted by atomic mass is 9.85. The fourth-order valence-electron chi connectivity index (χ4n) is 8.81. The van der Waals surface area contributed by atoms with Crippen molar-refractivity contribution in [3.05, 3.63) is 47.6 Å². The van der Waals surface area contributed by atoms with Crippen LogP contribution in [0, 0.1) is 29.6 Å². The van der Waals surface area contributed by atoms with Crippen molar-refractivity contribution in [2.75, 3.05) is 40.1 Å². The summed E-state index contributed by atoms with van der Waals surface area (Å²) in [5.41, 5.74) is 1.26. The van der Waals surface area contributed by atoms with Crippen molar-refractivity contribution in [3.8, 4) is 0 Å². The number of hydrogen-bond acceptors (Lipinski definition) is 13. The van der Waals surface area contributed by atoms with E-state index in [1.807, 2.05) is 65.0 Å². The molecule has 4 aliphatic heterocycles. The van der Waals surface area contributed by atoms with E-state index in [0.29, 0.717) is 63.9 Å². The zero-order valence-electron chi connectivity index (χ0n) is 39.1. The van der Waals surface area contributed by atoms with E-state index in [9.17, 15) is 34.2 Å². The monoisotopic (exact) mass is 886 g/mol. The van der Waals surface area contributed by atoms with E-state index in [-0.39, 0.29) is 61.9 Å². The highest BCUT2D eigenvalue weighted by Gasteiger charge is 2.53. The first kappa shape index (κ1) is 52.3. The number of methoxy groups -OCH3 is 1. The molecule has 0 aromatic heterocycles. The summed E-state index contributed by atoms with van der Waals surface area (Å²) in [5, 5.41) is 23.3. The van der Waals surface area contributed by atoms with Crippen molar-refractivity contribution >= 4 is 29.2 Å². The lowest BCUT2D eigenvalue weighted by Crippen LogP contribution is -2.61. The van der Waals surface area contributed by atoms with E-state index in [2.05, 4.69) is 0 Å². The number of esters is 1. The van der Waals surface area contributed by atoms with Gasteiger partial charge < -0.3 is 43.5 Å². The maximum absolute atomic E-state index is 14.2. The SMILES string of the molecule is CC[C@@H](C)[C@@H]1CC(=O)[C@H](C)/C=C(\C)[C@@H](O)[C@@H](OC)C(=O)[C@H](C)C[C@H](C)/C=C/C=C/C=C(\C)[C@H](OC[C@@H]2COCCO2)C[C@@H]2CC[C@@H](C)[C@@](O)(O2)C(=O)C(=O)N2CCCC[C@H]2C(=O)O1. The minimum absolute atomic E-state index is 0.0138. The number of piperidine rings is 1. The number of rotatable bonds is 6. The van der Waals surface area contributed by atoms with Gasteiger partial charge >= 0.3 is 5.97 Å². The normalized spacial score (nSPS) is 38.9. The van der Waals surface area contributed by atoms with Crippen molar-refractivity contribution < 1.29 is 62.6 Å². The van der Waals surface area contributed by atoms with Gasteiger partial charge in [-0.25, -0.2) is 4.79 Å². The Hall–Kier alpha value is -3.37. The average molecular weight is 886 g/mol. The van der Waals surface area contributed by atoms with Gasteiger partial charge in [-0.05, 0) is 75.4 Å². The number of carbonyl (C=O) groups is 5. The van der Waals surface area contributed by atoms with Crippen LogP contribution in [-0.2, 0) is 52.4 Å². The second-order valence-electron chi connectivity index (χ2n) is 18.4. The number of ether oxygens (including phenoxy) is 6. The van der Waals surface area contributed by atoms with E-state index >= 15 is 0 Å². The number of allylic oxidation sites excluding steroid dienone is 6. The Morgan fingerprint density at radius 1 is 0.952 bits per heavy atom. The number of cyclic esters (lactones) is 1. The Balaban J connectivity index is 1.68. The van der Waals surface area contributed by atoms with Crippen LogP contribution in [0.25, 0.3) is 0 Å². The Morgan fingerprint density at radius 2 is 1.70 bits per heavy atom. The number of aliphatic hydroxyl groups excluding tert-OH is 1. The third-order valence-electron chi connectivity index (χ3n) is 13.3. The first-order chi connectivity index (χ1) is 29.9. The number of nitrogens with zero attached hydrogens (tertiary/aromatic N) is 1. The molecule has 0 unspecified atom stereocenters. The van der Waals surface area contributed by atoms with E-state index in [4.69, 9.17) is 28.4 Å². The lowest BCUT2D eigenvalue weighted by Gasteiger charge is -2.43. The fraction of sp³-hybridized carbons (Fsp3) is 0.735. The number of Topliss-reactive ketones (excluding diaryl/α,β-unsaturated/α-hetero) is 3. The van der Waals surface area contributed by atoms with E-state index in [0.717, 1.165) is 5.57 Å². The second-order valence-corrected chi connectivity index (χ2v) is 18.4. The summed E-state index contributed by atoms with van der Waals surface area (Å²) in [5.74, 6) is -7.87. The van der Waals surface area contributed by atoms with E-state index in [1.54, 1.807) is 26.8 Å². The van der Waals surface area contributed by atoms with Gasteiger partial charge in [-0.1, -0.05) is 84.4 Å². The summed E-state index contributed by atoms with van der Waals surface area (Å²) in [6.45, 7) is 16.3. The molecule has 0 spiro atoms. The molecule has 354 valence electrons. The maximum Gasteiger partial charge on any atom is 0.329 e. The quantitative estimate of drug-likeness (QED) is 0.185. The van der Waals surface area contributed by atoms with Crippen LogP contribution in [0.3, 0.4) is 0 Å². The molecule has 4 rings (SSSR count). The molecule has 2 bridgehead atoms. The minimum atomic E-state index is -2.44. The summed E-state index contributed by atoms with van der Waals surface area (Å²) in [4.78, 5) is 70.9. The van der Waals surface area contributed by atoms with Gasteiger partial charge in [-0.15, -0.1) is 0 Å². The topological polar surface area (TPSA) is 184 Å². The predicted octanol–water partition coefficient (Wildman–Crippen LogP) is 5.81. The molecular formula is C49H75NO13. The first-order valence-electron chi connectivity index (χ1n) is 23.2. The summed E-state index contributed by atoms with van der Waals surface area (Å²) >= 11 is 0. The Labute approximate surface area is 374 Å². The fourth-order valence-corrected chi connectivity index (χ4v) is 8.81. The maximum atomic E-state index is 14.2. The van der Waals surface area contributed by atoms with Gasteiger partial charge in [0.15, 0.2) is 5.78 Å². The molecule has 0 aromatic rings. The molecule has 4 heterocycles. The number of fused-ring (bicyclic) bond motifs is 3. The minimum Gasteiger partial charge on any atom is -0.460 e. The zero-order chi connectivity index (χ0) is 46.4. The van der Waals surface area contributed by atoms with E-state index in [1.165, 1.54) is 12.0 Å². The van der Waals surface area contributed by atoms with Gasteiger partial charge in [0.25, 0.3) is 11.7 Å². The summed E-state index contributed by atoms with van der Waals surface area (Å²) in [6.07, 6.45) is 10.1. The Kier molecular flexibility index (Phi) is 20.6. The van der Waals surface area contributed by atoms with Crippen LogP contribution in [0.4, 0.5) is 0 Å². The van der Waals surface area contributed by atoms with Gasteiger partial charge in [0.1, 0.15) is 36.2 Å². The van der Waals surface area contributed by atoms with Crippen molar-refractivity contribution in [2.45, 2.75) is 162 Å². The molecule has 1 amide bonds. The Bertz CT molecular complexity index is 1680. The highest BCUT2D eigenvalue weighted by molar-refractivity contribution is 6.39. The number of aliphatic hydroxyl groups is 2. The zero-order valence-corrected chi connectivity index (χ0v) is 39.1. The number of hydrogen-bond donors (Lipinski definition) is 2. The van der Waals surface area contributed by atoms with Crippen LogP contribution in [0.1, 0.15) is 113 Å². The standard InChI is InChI=1S/C49H75NO13/c1-10-31(3)42-27-40(51)33(5)25-35(7)44(53)45(58-9)43(52)34(6)24-30(2)16-12-11-13-17-32(4)41(61-29-38-28-59-22-23-60-38)26-37-20-19-36(8)49(57,63-37)46(54)47(55)50-21-15-14-18-39(50)48(56)62-42/h11-13,16-17,25,30-31,33-34,36-39,41-42,44-45,53,57H,10,14-15,18-24,26-29H2,1-9H3/b13-11+,16-12+,32-17+,35-25+/t30-,31-,33-,34-,36-,37+,38+,39+,41-,42+,44-,45+,49-/m1/s1. The Morgan fingerprint density at radius 3 is 2.38 bits per heavy atom. The highest BCUT2D eigenvalue weighted by Crippen LogP contribution is 2.37. The largest absolute Gasteiger partial charge is 0.460 e. The summed E-state index contributed by atoms with van der Waals surface area (Å²) in [7, 11) is 1.38. The van der Waals surface area contributed by atoms with Crippen LogP contribution in [-0.4, -0.2) is 133 Å². The third-order valence-corrected chi connectivity index (χ3v) is 13.3. The number of amides is 1. The van der Waals surface area contributed by atoms with Crippen molar-refractivity contribution in [1.29, 1.82) is 0 Å². The van der Waals surface area contributed by atoms with Crippen LogP contribution < -0.4 is 0 Å². The van der Waals surface area contributed by atoms with Crippen LogP contribution in [0.2, 0.25) is 0 Å². The first-order valence-corrected chi connectivity index (χ1v) is 23.2. The second kappa shape index (κ2) is 24.8. The van der Waals surface area contributed by atoms with Crippen molar-refractivity contribution in [3.63, 3.8) is 0 Å². The van der Waals surface area contributed by atoms with Crippen LogP contribution >= 0.6 is 0 Å². The smallest absolute Gasteiger partial charge is 0.329 e. The molecule has 63 heavy (non-hydrogen) atoms. The van der Waals surface area contributed by atoms with E-state index < -0.39 is 77.8 Å². The molecule has 13 atom stereocenters. The molecule has 0 saturated carbocycles. The van der Waals surface area contributed by atoms with Crippen molar-refractivity contribution in [2.24, 2.45) is 29.6 Å². The summed E-state index contributed by atoms with van der Waals surface area (Å²) in [6, 6.07) is -1.10. The van der Waals surface area contributed by atoms with Crippen LogP contribution in [0.5, 0.6) is 0 Å². The molecule has 0 radical (unpaired) electrons. The molecule has 0 aromatic carbocycles. The molecule has 3 fully saturated rings. The predicted molar refractivity (Wildman–Crippen MR) is 236 cm³/mol. The molecular weight excluding hydrogens is 811 g/mol. The average Bonchev–Trinajstić information content (AvgIpc) is 3.27. The van der Waals surface area contributed by atoms with Gasteiger partial charge in [-0.3, -0.25) is 19.2 Å². The van der Waals surface area contributed by atoms with Gasteiger partial charge in [0, 0.05) is 44.2 Å². The van der Waals surface area contributed by atoms with Gasteiger partial charge in [-0.2, -0.15) is 0 Å². The molecule has 14 nitrogen and oxygen atoms in total. The molecule has 14 heteroatoms. The molecule has 0 aliphatic carbocycles.